The number of fused-ring (bicyclic) bond motifs is 1. The second-order valence-electron chi connectivity index (χ2n) is 7.30. The van der Waals surface area contributed by atoms with E-state index >= 15 is 0 Å². The first kappa shape index (κ1) is 19.5. The van der Waals surface area contributed by atoms with E-state index in [-0.39, 0.29) is 5.69 Å². The van der Waals surface area contributed by atoms with Crippen LogP contribution < -0.4 is 5.56 Å². The molecule has 0 saturated heterocycles. The maximum Gasteiger partial charge on any atom is 0.271 e. The minimum absolute atomic E-state index is 0.0894. The summed E-state index contributed by atoms with van der Waals surface area (Å²) in [5.74, 6) is -2.24. The number of ketones is 2. The molecule has 0 amide bonds. The van der Waals surface area contributed by atoms with Gasteiger partial charge in [0, 0.05) is 11.1 Å². The summed E-state index contributed by atoms with van der Waals surface area (Å²) >= 11 is 0. The number of carbonyl (C=O) groups is 2. The van der Waals surface area contributed by atoms with Gasteiger partial charge < -0.3 is 4.98 Å². The van der Waals surface area contributed by atoms with Crippen molar-refractivity contribution in [3.63, 3.8) is 0 Å². The summed E-state index contributed by atoms with van der Waals surface area (Å²) in [6.45, 7) is 3.89. The molecule has 1 heterocycles. The van der Waals surface area contributed by atoms with Crippen molar-refractivity contribution in [1.29, 1.82) is 0 Å². The number of H-pyrrole nitrogens is 1. The Kier molecular flexibility index (Phi) is 5.11. The number of Topliss-reactive ketones (excluding diaryl/α,β-unsaturated/α-hetero) is 2. The Morgan fingerprint density at radius 2 is 1.30 bits per heavy atom. The van der Waals surface area contributed by atoms with Gasteiger partial charge in [-0.05, 0) is 37.1 Å². The quantitative estimate of drug-likeness (QED) is 0.401. The number of carbonyl (C=O) groups excluding carboxylic acids is 2. The first-order valence-electron chi connectivity index (χ1n) is 9.65. The fourth-order valence-corrected chi connectivity index (χ4v) is 3.46. The highest BCUT2D eigenvalue weighted by atomic mass is 16.2. The molecule has 0 aliphatic heterocycles. The molecule has 148 valence electrons. The van der Waals surface area contributed by atoms with Crippen LogP contribution in [0, 0.1) is 13.8 Å². The lowest BCUT2D eigenvalue weighted by Gasteiger charge is -2.15. The molecule has 30 heavy (non-hydrogen) atoms. The Balaban J connectivity index is 1.92. The summed E-state index contributed by atoms with van der Waals surface area (Å²) in [4.78, 5) is 46.9. The fourth-order valence-electron chi connectivity index (χ4n) is 3.46. The predicted octanol–water partition coefficient (Wildman–Crippen LogP) is 4.39. The molecule has 5 heteroatoms. The van der Waals surface area contributed by atoms with Crippen LogP contribution in [0.5, 0.6) is 0 Å². The molecule has 0 spiro atoms. The third-order valence-corrected chi connectivity index (χ3v) is 5.25. The van der Waals surface area contributed by atoms with Crippen LogP contribution >= 0.6 is 0 Å². The highest BCUT2D eigenvalue weighted by Gasteiger charge is 2.34. The van der Waals surface area contributed by atoms with Crippen LogP contribution in [0.1, 0.15) is 43.5 Å². The Labute approximate surface area is 173 Å². The van der Waals surface area contributed by atoms with Crippen molar-refractivity contribution < 1.29 is 9.59 Å². The average molecular weight is 396 g/mol. The summed E-state index contributed by atoms with van der Waals surface area (Å²) in [6, 6.07) is 20.7. The topological polar surface area (TPSA) is 79.9 Å². The van der Waals surface area contributed by atoms with E-state index in [9.17, 15) is 14.4 Å². The lowest BCUT2D eigenvalue weighted by atomic mass is 9.87. The zero-order valence-electron chi connectivity index (χ0n) is 16.7. The maximum absolute atomic E-state index is 13.4. The van der Waals surface area contributed by atoms with Gasteiger partial charge in [0.2, 0.25) is 0 Å². The first-order valence-corrected chi connectivity index (χ1v) is 9.65. The van der Waals surface area contributed by atoms with Gasteiger partial charge in [0.25, 0.3) is 5.56 Å². The van der Waals surface area contributed by atoms with Crippen LogP contribution in [0.15, 0.2) is 77.6 Å². The number of hydrogen-bond donors (Lipinski definition) is 1. The monoisotopic (exact) mass is 396 g/mol. The molecule has 0 bridgehead atoms. The van der Waals surface area contributed by atoms with Gasteiger partial charge in [-0.1, -0.05) is 60.7 Å². The molecule has 0 aliphatic rings. The zero-order chi connectivity index (χ0) is 21.3. The molecule has 0 fully saturated rings. The van der Waals surface area contributed by atoms with E-state index in [1.165, 1.54) is 0 Å². The molecule has 1 aromatic heterocycles. The van der Waals surface area contributed by atoms with Crippen molar-refractivity contribution >= 4 is 22.6 Å². The average Bonchev–Trinajstić information content (AvgIpc) is 2.76. The van der Waals surface area contributed by atoms with Crippen LogP contribution in [0.4, 0.5) is 0 Å². The fraction of sp³-hybridized carbons (Fsp3) is 0.120. The maximum atomic E-state index is 13.4. The third kappa shape index (κ3) is 3.57. The molecule has 0 atom stereocenters. The number of hydrogen-bond acceptors (Lipinski definition) is 4. The Bertz CT molecular complexity index is 1260. The lowest BCUT2D eigenvalue weighted by Crippen LogP contribution is -2.30. The summed E-state index contributed by atoms with van der Waals surface area (Å²) in [5, 5.41) is 0. The van der Waals surface area contributed by atoms with Crippen LogP contribution in [0.25, 0.3) is 11.0 Å². The second kappa shape index (κ2) is 7.87. The molecule has 3 aromatic carbocycles. The molecule has 0 aliphatic carbocycles. The summed E-state index contributed by atoms with van der Waals surface area (Å²) < 4.78 is 0. The number of nitrogens with one attached hydrogen (secondary N) is 1. The van der Waals surface area contributed by atoms with Crippen LogP contribution in [-0.2, 0) is 0 Å². The highest BCUT2D eigenvalue weighted by Crippen LogP contribution is 2.24. The number of nitrogens with zero attached hydrogens (tertiary/aromatic N) is 1. The van der Waals surface area contributed by atoms with Gasteiger partial charge >= 0.3 is 0 Å². The van der Waals surface area contributed by atoms with Crippen LogP contribution in [0.3, 0.4) is 0 Å². The van der Waals surface area contributed by atoms with E-state index in [1.54, 1.807) is 60.7 Å². The van der Waals surface area contributed by atoms with Gasteiger partial charge in [-0.25, -0.2) is 4.98 Å². The minimum atomic E-state index is -1.33. The molecule has 0 radical (unpaired) electrons. The van der Waals surface area contributed by atoms with Gasteiger partial charge in [-0.2, -0.15) is 0 Å². The van der Waals surface area contributed by atoms with E-state index in [0.717, 1.165) is 11.1 Å². The summed E-state index contributed by atoms with van der Waals surface area (Å²) in [6.07, 6.45) is 0. The standard InChI is InChI=1S/C25H20N2O3/c1-15-13-19-20(14-16(15)2)27-25(30)22(26-19)21(23(28)17-9-5-3-6-10-17)24(29)18-11-7-4-8-12-18/h3-14,21H,1-2H3,(H,27,30). The molecular weight excluding hydrogens is 376 g/mol. The van der Waals surface area contributed by atoms with Gasteiger partial charge in [0.15, 0.2) is 11.6 Å². The van der Waals surface area contributed by atoms with Crippen LogP contribution in [0.2, 0.25) is 0 Å². The van der Waals surface area contributed by atoms with Crippen molar-refractivity contribution in [1.82, 2.24) is 9.97 Å². The summed E-state index contributed by atoms with van der Waals surface area (Å²) in [5.41, 5.74) is 3.22. The zero-order valence-corrected chi connectivity index (χ0v) is 16.7. The largest absolute Gasteiger partial charge is 0.319 e. The molecule has 0 saturated carbocycles. The number of aromatic amines is 1. The van der Waals surface area contributed by atoms with E-state index in [0.29, 0.717) is 22.2 Å². The van der Waals surface area contributed by atoms with E-state index in [1.807, 2.05) is 26.0 Å². The number of aryl methyl sites for hydroxylation is 2. The van der Waals surface area contributed by atoms with E-state index in [4.69, 9.17) is 0 Å². The molecular formula is C25H20N2O3. The second-order valence-corrected chi connectivity index (χ2v) is 7.30. The summed E-state index contributed by atoms with van der Waals surface area (Å²) in [7, 11) is 0. The van der Waals surface area contributed by atoms with E-state index in [2.05, 4.69) is 9.97 Å². The van der Waals surface area contributed by atoms with Crippen LogP contribution in [-0.4, -0.2) is 21.5 Å². The molecule has 5 nitrogen and oxygen atoms in total. The molecule has 4 rings (SSSR count). The van der Waals surface area contributed by atoms with Crippen molar-refractivity contribution in [3.8, 4) is 0 Å². The van der Waals surface area contributed by atoms with Crippen molar-refractivity contribution in [3.05, 3.63) is 111 Å². The Hall–Kier alpha value is -3.86. The van der Waals surface area contributed by atoms with Gasteiger partial charge in [0.1, 0.15) is 11.6 Å². The predicted molar refractivity (Wildman–Crippen MR) is 116 cm³/mol. The molecule has 4 aromatic rings. The molecule has 0 unspecified atom stereocenters. The van der Waals surface area contributed by atoms with Crippen molar-refractivity contribution in [2.75, 3.05) is 0 Å². The number of aromatic nitrogens is 2. The Morgan fingerprint density at radius 1 is 0.800 bits per heavy atom. The molecule has 1 N–H and O–H groups in total. The minimum Gasteiger partial charge on any atom is -0.319 e. The third-order valence-electron chi connectivity index (χ3n) is 5.25. The first-order chi connectivity index (χ1) is 14.5. The normalized spacial score (nSPS) is 11.0. The number of benzene rings is 3. The van der Waals surface area contributed by atoms with Gasteiger partial charge in [0.05, 0.1) is 11.0 Å². The van der Waals surface area contributed by atoms with Crippen molar-refractivity contribution in [2.45, 2.75) is 19.8 Å². The van der Waals surface area contributed by atoms with Gasteiger partial charge in [-0.15, -0.1) is 0 Å². The van der Waals surface area contributed by atoms with E-state index < -0.39 is 23.0 Å². The smallest absolute Gasteiger partial charge is 0.271 e. The number of rotatable bonds is 5. The van der Waals surface area contributed by atoms with Gasteiger partial charge in [-0.3, -0.25) is 14.4 Å². The SMILES string of the molecule is Cc1cc2nc(C(C(=O)c3ccccc3)C(=O)c3ccccc3)c(=O)[nH]c2cc1C. The lowest BCUT2D eigenvalue weighted by molar-refractivity contribution is 0.0857. The van der Waals surface area contributed by atoms with Crippen molar-refractivity contribution in [2.24, 2.45) is 0 Å². The Morgan fingerprint density at radius 3 is 1.83 bits per heavy atom. The highest BCUT2D eigenvalue weighted by molar-refractivity contribution is 6.19.